The largest absolute Gasteiger partial charge is 0.396 e. The normalized spacial score (nSPS) is 31.3. The van der Waals surface area contributed by atoms with Crippen LogP contribution in [-0.4, -0.2) is 28.9 Å². The fourth-order valence-electron chi connectivity index (χ4n) is 4.47. The van der Waals surface area contributed by atoms with Crippen LogP contribution in [0.25, 0.3) is 0 Å². The van der Waals surface area contributed by atoms with Crippen LogP contribution in [0.4, 0.5) is 4.79 Å². The van der Waals surface area contributed by atoms with Crippen molar-refractivity contribution in [1.82, 2.24) is 15.8 Å². The molecule has 22 heavy (non-hydrogen) atoms. The number of aromatic nitrogens is 1. The molecule has 0 radical (unpaired) electrons. The summed E-state index contributed by atoms with van der Waals surface area (Å²) in [7, 11) is 0. The number of urea groups is 1. The third-order valence-electron chi connectivity index (χ3n) is 5.47. The number of carbonyl (C=O) groups excluding carboxylic acids is 1. The van der Waals surface area contributed by atoms with Crippen LogP contribution < -0.4 is 10.6 Å². The number of aryl methyl sites for hydroxylation is 2. The Bertz CT molecular complexity index is 537. The Labute approximate surface area is 130 Å². The predicted molar refractivity (Wildman–Crippen MR) is 81.3 cm³/mol. The molecule has 5 unspecified atom stereocenters. The van der Waals surface area contributed by atoms with Crippen LogP contribution in [0.5, 0.6) is 0 Å². The van der Waals surface area contributed by atoms with E-state index in [1.165, 1.54) is 6.42 Å². The van der Waals surface area contributed by atoms with Gasteiger partial charge < -0.3 is 20.3 Å². The number of carbonyl (C=O) groups is 1. The summed E-state index contributed by atoms with van der Waals surface area (Å²) in [6.45, 7) is 5.81. The van der Waals surface area contributed by atoms with Crippen LogP contribution >= 0.6 is 0 Å². The van der Waals surface area contributed by atoms with Crippen LogP contribution in [0.2, 0.25) is 0 Å². The average molecular weight is 307 g/mol. The van der Waals surface area contributed by atoms with Gasteiger partial charge in [-0.2, -0.15) is 0 Å². The lowest BCUT2D eigenvalue weighted by molar-refractivity contribution is 0.144. The average Bonchev–Trinajstić information content (AvgIpc) is 3.14. The molecule has 0 saturated heterocycles. The number of aliphatic hydroxyl groups is 1. The van der Waals surface area contributed by atoms with Crippen LogP contribution in [0, 0.1) is 31.6 Å². The molecule has 0 spiro atoms. The number of rotatable bonds is 4. The van der Waals surface area contributed by atoms with E-state index >= 15 is 0 Å². The van der Waals surface area contributed by atoms with Gasteiger partial charge in [0.15, 0.2) is 0 Å². The zero-order chi connectivity index (χ0) is 15.9. The summed E-state index contributed by atoms with van der Waals surface area (Å²) in [6.07, 6.45) is 3.48. The molecule has 3 rings (SSSR count). The van der Waals surface area contributed by atoms with E-state index in [9.17, 15) is 9.90 Å². The van der Waals surface area contributed by atoms with Crippen molar-refractivity contribution in [3.05, 3.63) is 17.0 Å². The molecule has 2 saturated carbocycles. The molecule has 0 aliphatic heterocycles. The first-order chi connectivity index (χ1) is 10.5. The SMILES string of the molecule is Cc1noc(C)c1C(C)NC(=O)NC1C2CCC(C2)C1CO. The number of amides is 2. The van der Waals surface area contributed by atoms with Gasteiger partial charge in [0.1, 0.15) is 5.76 Å². The molecule has 0 aromatic carbocycles. The molecule has 6 nitrogen and oxygen atoms in total. The zero-order valence-corrected chi connectivity index (χ0v) is 13.4. The second-order valence-electron chi connectivity index (χ2n) is 6.78. The van der Waals surface area contributed by atoms with E-state index in [0.717, 1.165) is 29.9 Å². The third-order valence-corrected chi connectivity index (χ3v) is 5.47. The van der Waals surface area contributed by atoms with Crippen molar-refractivity contribution in [2.45, 2.75) is 52.1 Å². The first-order valence-corrected chi connectivity index (χ1v) is 8.12. The number of hydrogen-bond acceptors (Lipinski definition) is 4. The van der Waals surface area contributed by atoms with Gasteiger partial charge in [-0.25, -0.2) is 4.79 Å². The Balaban J connectivity index is 1.61. The molecule has 1 aromatic rings. The predicted octanol–water partition coefficient (Wildman–Crippen LogP) is 2.06. The highest BCUT2D eigenvalue weighted by molar-refractivity contribution is 5.75. The summed E-state index contributed by atoms with van der Waals surface area (Å²) in [4.78, 5) is 12.3. The summed E-state index contributed by atoms with van der Waals surface area (Å²) in [5, 5.41) is 19.6. The van der Waals surface area contributed by atoms with Gasteiger partial charge in [-0.3, -0.25) is 0 Å². The lowest BCUT2D eigenvalue weighted by Gasteiger charge is -2.31. The molecule has 5 atom stereocenters. The molecule has 3 N–H and O–H groups in total. The number of fused-ring (bicyclic) bond motifs is 2. The second kappa shape index (κ2) is 5.91. The highest BCUT2D eigenvalue weighted by atomic mass is 16.5. The molecule has 1 aromatic heterocycles. The first-order valence-electron chi connectivity index (χ1n) is 8.12. The van der Waals surface area contributed by atoms with Crippen molar-refractivity contribution < 1.29 is 14.4 Å². The monoisotopic (exact) mass is 307 g/mol. The van der Waals surface area contributed by atoms with Crippen molar-refractivity contribution in [3.63, 3.8) is 0 Å². The van der Waals surface area contributed by atoms with Crippen molar-refractivity contribution in [2.75, 3.05) is 6.61 Å². The Hall–Kier alpha value is -1.56. The maximum atomic E-state index is 12.3. The highest BCUT2D eigenvalue weighted by Gasteiger charge is 2.47. The highest BCUT2D eigenvalue weighted by Crippen LogP contribution is 2.48. The number of nitrogens with one attached hydrogen (secondary N) is 2. The minimum atomic E-state index is -0.177. The van der Waals surface area contributed by atoms with Crippen LogP contribution in [0.1, 0.15) is 49.2 Å². The lowest BCUT2D eigenvalue weighted by atomic mass is 9.85. The second-order valence-corrected chi connectivity index (χ2v) is 6.78. The maximum Gasteiger partial charge on any atom is 0.315 e. The van der Waals surface area contributed by atoms with Gasteiger partial charge in [0.05, 0.1) is 11.7 Å². The quantitative estimate of drug-likeness (QED) is 0.794. The minimum absolute atomic E-state index is 0.0978. The van der Waals surface area contributed by atoms with Crippen molar-refractivity contribution >= 4 is 6.03 Å². The summed E-state index contributed by atoms with van der Waals surface area (Å²) >= 11 is 0. The van der Waals surface area contributed by atoms with E-state index in [2.05, 4.69) is 15.8 Å². The van der Waals surface area contributed by atoms with Gasteiger partial charge in [-0.1, -0.05) is 5.16 Å². The van der Waals surface area contributed by atoms with Crippen LogP contribution in [0.15, 0.2) is 4.52 Å². The van der Waals surface area contributed by atoms with Gasteiger partial charge in [-0.15, -0.1) is 0 Å². The summed E-state index contributed by atoms with van der Waals surface area (Å²) in [5.41, 5.74) is 1.74. The zero-order valence-electron chi connectivity index (χ0n) is 13.4. The molecular formula is C16H25N3O3. The van der Waals surface area contributed by atoms with E-state index in [1.54, 1.807) is 0 Å². The Morgan fingerprint density at radius 3 is 2.77 bits per heavy atom. The van der Waals surface area contributed by atoms with Crippen molar-refractivity contribution in [2.24, 2.45) is 17.8 Å². The molecule has 2 fully saturated rings. The smallest absolute Gasteiger partial charge is 0.315 e. The Morgan fingerprint density at radius 2 is 2.14 bits per heavy atom. The van der Waals surface area contributed by atoms with Gasteiger partial charge in [0.2, 0.25) is 0 Å². The van der Waals surface area contributed by atoms with Crippen molar-refractivity contribution in [3.8, 4) is 0 Å². The Morgan fingerprint density at radius 1 is 1.41 bits per heavy atom. The van der Waals surface area contributed by atoms with E-state index in [1.807, 2.05) is 20.8 Å². The molecule has 122 valence electrons. The molecular weight excluding hydrogens is 282 g/mol. The van der Waals surface area contributed by atoms with Gasteiger partial charge >= 0.3 is 6.03 Å². The summed E-state index contributed by atoms with van der Waals surface area (Å²) < 4.78 is 5.15. The van der Waals surface area contributed by atoms with E-state index in [-0.39, 0.29) is 30.6 Å². The van der Waals surface area contributed by atoms with E-state index in [0.29, 0.717) is 11.8 Å². The molecule has 6 heteroatoms. The van der Waals surface area contributed by atoms with Gasteiger partial charge in [-0.05, 0) is 51.9 Å². The summed E-state index contributed by atoms with van der Waals surface area (Å²) in [5.74, 6) is 2.03. The van der Waals surface area contributed by atoms with E-state index in [4.69, 9.17) is 4.52 Å². The number of hydrogen-bond donors (Lipinski definition) is 3. The maximum absolute atomic E-state index is 12.3. The first kappa shape index (κ1) is 15.3. The van der Waals surface area contributed by atoms with Gasteiger partial charge in [0.25, 0.3) is 0 Å². The fourth-order valence-corrected chi connectivity index (χ4v) is 4.47. The molecule has 2 amide bonds. The number of aliphatic hydroxyl groups excluding tert-OH is 1. The fraction of sp³-hybridized carbons (Fsp3) is 0.750. The van der Waals surface area contributed by atoms with Crippen LogP contribution in [0.3, 0.4) is 0 Å². The minimum Gasteiger partial charge on any atom is -0.396 e. The molecule has 2 bridgehead atoms. The van der Waals surface area contributed by atoms with Crippen molar-refractivity contribution in [1.29, 1.82) is 0 Å². The lowest BCUT2D eigenvalue weighted by Crippen LogP contribution is -2.49. The molecule has 1 heterocycles. The number of nitrogens with zero attached hydrogens (tertiary/aromatic N) is 1. The Kier molecular flexibility index (Phi) is 4.12. The van der Waals surface area contributed by atoms with Gasteiger partial charge in [0, 0.05) is 24.1 Å². The van der Waals surface area contributed by atoms with Crippen LogP contribution in [-0.2, 0) is 0 Å². The topological polar surface area (TPSA) is 87.4 Å². The van der Waals surface area contributed by atoms with E-state index < -0.39 is 0 Å². The molecule has 2 aliphatic carbocycles. The summed E-state index contributed by atoms with van der Waals surface area (Å²) in [6, 6.07) is -0.235. The standard InChI is InChI=1S/C16H25N3O3/c1-8(14-9(2)19-22-10(14)3)17-16(21)18-15-12-5-4-11(6-12)13(15)7-20/h8,11-13,15,20H,4-7H2,1-3H3,(H2,17,18,21). The molecule has 2 aliphatic rings. The third kappa shape index (κ3) is 2.60.